The Morgan fingerprint density at radius 2 is 1.79 bits per heavy atom. The van der Waals surface area contributed by atoms with Crippen molar-refractivity contribution in [1.29, 1.82) is 0 Å². The van der Waals surface area contributed by atoms with Crippen LogP contribution in [0.4, 0.5) is 0 Å². The Bertz CT molecular complexity index is 221. The van der Waals surface area contributed by atoms with Crippen LogP contribution in [0.1, 0.15) is 0 Å². The third kappa shape index (κ3) is 9.26. The number of hydrogen-bond donors (Lipinski definition) is 2. The Morgan fingerprint density at radius 3 is 2.07 bits per heavy atom. The smallest absolute Gasteiger partial charge is 0.347 e. The van der Waals surface area contributed by atoms with Crippen molar-refractivity contribution >= 4 is 14.0 Å². The summed E-state index contributed by atoms with van der Waals surface area (Å²) < 4.78 is 4.30. The molecule has 0 amide bonds. The van der Waals surface area contributed by atoms with E-state index >= 15 is 0 Å². The maximum atomic E-state index is 10.7. The SMILES string of the molecule is CO.COC(=O)C(O)C#C[Si](C)(C)C. The molecule has 0 aliphatic carbocycles. The van der Waals surface area contributed by atoms with Gasteiger partial charge in [0.1, 0.15) is 8.07 Å². The van der Waals surface area contributed by atoms with Gasteiger partial charge in [0.25, 0.3) is 0 Å². The van der Waals surface area contributed by atoms with Crippen molar-refractivity contribution < 1.29 is 19.7 Å². The number of carbonyl (C=O) groups excluding carboxylic acids is 1. The van der Waals surface area contributed by atoms with E-state index in [2.05, 4.69) is 16.2 Å². The van der Waals surface area contributed by atoms with Crippen molar-refractivity contribution in [2.24, 2.45) is 0 Å². The molecule has 0 aliphatic heterocycles. The first-order chi connectivity index (χ1) is 6.37. The predicted octanol–water partition coefficient (Wildman–Crippen LogP) is 0.00960. The van der Waals surface area contributed by atoms with Crippen molar-refractivity contribution in [3.8, 4) is 11.5 Å². The average molecular weight is 218 g/mol. The summed E-state index contributed by atoms with van der Waals surface area (Å²) in [7, 11) is 0.716. The van der Waals surface area contributed by atoms with Crippen LogP contribution in [0.15, 0.2) is 0 Å². The number of methoxy groups -OCH3 is 1. The molecule has 0 radical (unpaired) electrons. The van der Waals surface area contributed by atoms with Gasteiger partial charge in [-0.2, -0.15) is 0 Å². The summed E-state index contributed by atoms with van der Waals surface area (Å²) >= 11 is 0. The first-order valence-corrected chi connectivity index (χ1v) is 7.60. The van der Waals surface area contributed by atoms with Gasteiger partial charge < -0.3 is 14.9 Å². The van der Waals surface area contributed by atoms with Gasteiger partial charge in [0.2, 0.25) is 6.10 Å². The maximum Gasteiger partial charge on any atom is 0.347 e. The van der Waals surface area contributed by atoms with Crippen LogP contribution >= 0.6 is 0 Å². The third-order valence-electron chi connectivity index (χ3n) is 1.01. The van der Waals surface area contributed by atoms with Gasteiger partial charge in [0.05, 0.1) is 7.11 Å². The van der Waals surface area contributed by atoms with Crippen LogP contribution in [0.2, 0.25) is 19.6 Å². The van der Waals surface area contributed by atoms with E-state index in [0.29, 0.717) is 0 Å². The molecule has 0 bridgehead atoms. The molecule has 0 saturated carbocycles. The van der Waals surface area contributed by atoms with E-state index in [-0.39, 0.29) is 0 Å². The average Bonchev–Trinajstić information content (AvgIpc) is 2.15. The van der Waals surface area contributed by atoms with Gasteiger partial charge in [-0.15, -0.1) is 5.54 Å². The van der Waals surface area contributed by atoms with E-state index in [4.69, 9.17) is 10.2 Å². The quantitative estimate of drug-likeness (QED) is 0.370. The second-order valence-electron chi connectivity index (χ2n) is 3.45. The lowest BCUT2D eigenvalue weighted by molar-refractivity contribution is -0.147. The normalized spacial score (nSPS) is 11.4. The lowest BCUT2D eigenvalue weighted by atomic mass is 10.4. The van der Waals surface area contributed by atoms with E-state index in [1.165, 1.54) is 7.11 Å². The summed E-state index contributed by atoms with van der Waals surface area (Å²) in [5, 5.41) is 16.1. The predicted molar refractivity (Wildman–Crippen MR) is 57.3 cm³/mol. The minimum atomic E-state index is -1.51. The lowest BCUT2D eigenvalue weighted by Gasteiger charge is -2.05. The topological polar surface area (TPSA) is 66.8 Å². The number of aliphatic hydroxyl groups excluding tert-OH is 2. The summed E-state index contributed by atoms with van der Waals surface area (Å²) in [6.45, 7) is 6.10. The van der Waals surface area contributed by atoms with Gasteiger partial charge in [-0.3, -0.25) is 0 Å². The van der Waals surface area contributed by atoms with Crippen LogP contribution < -0.4 is 0 Å². The van der Waals surface area contributed by atoms with Gasteiger partial charge in [0.15, 0.2) is 0 Å². The van der Waals surface area contributed by atoms with Gasteiger partial charge >= 0.3 is 5.97 Å². The van der Waals surface area contributed by atoms with Crippen molar-refractivity contribution in [2.45, 2.75) is 25.7 Å². The van der Waals surface area contributed by atoms with Crippen LogP contribution in [0.3, 0.4) is 0 Å². The number of ether oxygens (including phenoxy) is 1. The summed E-state index contributed by atoms with van der Waals surface area (Å²) in [5.74, 6) is 1.77. The highest BCUT2D eigenvalue weighted by molar-refractivity contribution is 6.83. The van der Waals surface area contributed by atoms with Crippen LogP contribution in [0, 0.1) is 11.5 Å². The molecule has 14 heavy (non-hydrogen) atoms. The van der Waals surface area contributed by atoms with Gasteiger partial charge in [0, 0.05) is 7.11 Å². The molecular formula is C9H18O4Si. The summed E-state index contributed by atoms with van der Waals surface area (Å²) in [5.41, 5.74) is 2.87. The molecule has 1 unspecified atom stereocenters. The van der Waals surface area contributed by atoms with Crippen molar-refractivity contribution in [1.82, 2.24) is 0 Å². The number of esters is 1. The van der Waals surface area contributed by atoms with E-state index in [9.17, 15) is 4.79 Å². The molecule has 1 atom stereocenters. The summed E-state index contributed by atoms with van der Waals surface area (Å²) in [6.07, 6.45) is -1.29. The lowest BCUT2D eigenvalue weighted by Crippen LogP contribution is -2.22. The number of rotatable bonds is 1. The van der Waals surface area contributed by atoms with Crippen molar-refractivity contribution in [3.05, 3.63) is 0 Å². The Hall–Kier alpha value is -0.833. The molecule has 0 aromatic rings. The Kier molecular flexibility index (Phi) is 8.44. The zero-order chi connectivity index (χ0) is 11.8. The molecule has 0 heterocycles. The minimum Gasteiger partial charge on any atom is -0.466 e. The first-order valence-electron chi connectivity index (χ1n) is 4.10. The van der Waals surface area contributed by atoms with E-state index < -0.39 is 20.1 Å². The highest BCUT2D eigenvalue weighted by Crippen LogP contribution is 1.97. The second-order valence-corrected chi connectivity index (χ2v) is 8.20. The maximum absolute atomic E-state index is 10.7. The Balaban J connectivity index is 0. The van der Waals surface area contributed by atoms with Crippen LogP contribution in [-0.2, 0) is 9.53 Å². The van der Waals surface area contributed by atoms with Crippen LogP contribution in [0.25, 0.3) is 0 Å². The van der Waals surface area contributed by atoms with Gasteiger partial charge in [-0.05, 0) is 0 Å². The zero-order valence-electron chi connectivity index (χ0n) is 9.29. The monoisotopic (exact) mass is 218 g/mol. The molecule has 2 N–H and O–H groups in total. The second kappa shape index (κ2) is 7.56. The third-order valence-corrected chi connectivity index (χ3v) is 1.90. The zero-order valence-corrected chi connectivity index (χ0v) is 10.3. The standard InChI is InChI=1S/C8H14O3Si.CH4O/c1-11-8(10)7(9)5-6-12(2,3)4;1-2/h7,9H,1-4H3;2H,1H3. The minimum absolute atomic E-state index is 0.694. The molecule has 4 nitrogen and oxygen atoms in total. The molecule has 0 saturated heterocycles. The van der Waals surface area contributed by atoms with Crippen molar-refractivity contribution in [3.63, 3.8) is 0 Å². The highest BCUT2D eigenvalue weighted by atomic mass is 28.3. The molecule has 82 valence electrons. The van der Waals surface area contributed by atoms with Gasteiger partial charge in [-0.25, -0.2) is 4.79 Å². The number of hydrogen-bond acceptors (Lipinski definition) is 4. The molecule has 0 aliphatic rings. The van der Waals surface area contributed by atoms with E-state index in [0.717, 1.165) is 7.11 Å². The highest BCUT2D eigenvalue weighted by Gasteiger charge is 2.13. The van der Waals surface area contributed by atoms with Crippen LogP contribution in [0.5, 0.6) is 0 Å². The Morgan fingerprint density at radius 1 is 1.36 bits per heavy atom. The molecule has 0 aromatic heterocycles. The summed E-state index contributed by atoms with van der Waals surface area (Å²) in [6, 6.07) is 0. The van der Waals surface area contributed by atoms with E-state index in [1.807, 2.05) is 19.6 Å². The molecule has 0 aromatic carbocycles. The number of carbonyl (C=O) groups is 1. The largest absolute Gasteiger partial charge is 0.466 e. The summed E-state index contributed by atoms with van der Waals surface area (Å²) in [4.78, 5) is 10.7. The van der Waals surface area contributed by atoms with Crippen molar-refractivity contribution in [2.75, 3.05) is 14.2 Å². The fourth-order valence-electron chi connectivity index (χ4n) is 0.455. The Labute approximate surface area is 85.9 Å². The molecular weight excluding hydrogens is 200 g/mol. The van der Waals surface area contributed by atoms with E-state index in [1.54, 1.807) is 0 Å². The fraction of sp³-hybridized carbons (Fsp3) is 0.667. The molecule has 0 spiro atoms. The number of aliphatic hydroxyl groups is 2. The molecule has 0 fully saturated rings. The van der Waals surface area contributed by atoms with Gasteiger partial charge in [-0.1, -0.05) is 25.6 Å². The fourth-order valence-corrected chi connectivity index (χ4v) is 1.03. The van der Waals surface area contributed by atoms with Crippen LogP contribution in [-0.4, -0.2) is 44.6 Å². The first kappa shape index (κ1) is 15.6. The molecule has 5 heteroatoms. The molecule has 0 rings (SSSR count).